The number of para-hydroxylation sites is 1. The summed E-state index contributed by atoms with van der Waals surface area (Å²) in [4.78, 5) is 9.99. The van der Waals surface area contributed by atoms with E-state index in [-0.39, 0.29) is 0 Å². The van der Waals surface area contributed by atoms with Gasteiger partial charge in [-0.1, -0.05) is 31.0 Å². The molecule has 1 aromatic carbocycles. The van der Waals surface area contributed by atoms with Crippen LogP contribution in [-0.4, -0.2) is 56.8 Å². The molecular weight excluding hydrogens is 336 g/mol. The molecule has 2 heterocycles. The molecule has 3 fully saturated rings. The van der Waals surface area contributed by atoms with E-state index in [0.717, 1.165) is 51.9 Å². The fourth-order valence-corrected chi connectivity index (χ4v) is 4.99. The second-order valence-corrected chi connectivity index (χ2v) is 8.28. The molecule has 0 aromatic heterocycles. The van der Waals surface area contributed by atoms with Gasteiger partial charge in [0, 0.05) is 38.4 Å². The maximum atomic E-state index is 5.52. The van der Waals surface area contributed by atoms with Crippen LogP contribution < -0.4 is 10.2 Å². The lowest BCUT2D eigenvalue weighted by molar-refractivity contribution is 0.122. The van der Waals surface area contributed by atoms with Gasteiger partial charge in [-0.2, -0.15) is 0 Å². The van der Waals surface area contributed by atoms with Crippen LogP contribution in [0.15, 0.2) is 29.3 Å². The average Bonchev–Trinajstić information content (AvgIpc) is 3.36. The third-order valence-electron chi connectivity index (χ3n) is 6.48. The molecular formula is C22H34N4O. The molecule has 27 heavy (non-hydrogen) atoms. The minimum Gasteiger partial charge on any atom is -0.378 e. The van der Waals surface area contributed by atoms with Crippen molar-refractivity contribution in [2.75, 3.05) is 50.8 Å². The number of benzene rings is 1. The van der Waals surface area contributed by atoms with Crippen molar-refractivity contribution < 1.29 is 4.74 Å². The van der Waals surface area contributed by atoms with E-state index in [1.54, 1.807) is 0 Å². The molecule has 1 N–H and O–H groups in total. The molecule has 4 rings (SSSR count). The first-order chi connectivity index (χ1) is 13.3. The van der Waals surface area contributed by atoms with E-state index in [9.17, 15) is 0 Å². The Hall–Kier alpha value is -1.75. The standard InChI is InChI=1S/C22H34N4O/c1-2-23-21(26-12-11-22(18-26)9-5-6-10-22)24-17-19-7-3-4-8-20(19)25-13-15-27-16-14-25/h3-4,7-8H,2,5-6,9-18H2,1H3,(H,23,24). The number of guanidine groups is 1. The van der Waals surface area contributed by atoms with Crippen LogP contribution in [0, 0.1) is 5.41 Å². The zero-order valence-electron chi connectivity index (χ0n) is 16.8. The normalized spacial score (nSPS) is 22.6. The van der Waals surface area contributed by atoms with Crippen LogP contribution >= 0.6 is 0 Å². The number of morpholine rings is 1. The summed E-state index contributed by atoms with van der Waals surface area (Å²) in [6.07, 6.45) is 6.97. The maximum absolute atomic E-state index is 5.52. The van der Waals surface area contributed by atoms with Crippen LogP contribution in [0.4, 0.5) is 5.69 Å². The molecule has 0 unspecified atom stereocenters. The molecule has 5 nitrogen and oxygen atoms in total. The molecule has 148 valence electrons. The van der Waals surface area contributed by atoms with Gasteiger partial charge in [0.1, 0.15) is 0 Å². The summed E-state index contributed by atoms with van der Waals surface area (Å²) in [5, 5.41) is 3.54. The van der Waals surface area contributed by atoms with E-state index in [0.29, 0.717) is 5.41 Å². The Balaban J connectivity index is 1.48. The van der Waals surface area contributed by atoms with Crippen molar-refractivity contribution in [2.24, 2.45) is 10.4 Å². The number of ether oxygens (including phenoxy) is 1. The summed E-state index contributed by atoms with van der Waals surface area (Å²) in [6.45, 7) is 9.73. The largest absolute Gasteiger partial charge is 0.378 e. The third kappa shape index (κ3) is 4.23. The maximum Gasteiger partial charge on any atom is 0.194 e. The summed E-state index contributed by atoms with van der Waals surface area (Å²) in [7, 11) is 0. The highest BCUT2D eigenvalue weighted by Crippen LogP contribution is 2.45. The lowest BCUT2D eigenvalue weighted by atomic mass is 9.86. The summed E-state index contributed by atoms with van der Waals surface area (Å²) >= 11 is 0. The fourth-order valence-electron chi connectivity index (χ4n) is 4.99. The van der Waals surface area contributed by atoms with Gasteiger partial charge in [0.05, 0.1) is 19.8 Å². The van der Waals surface area contributed by atoms with Gasteiger partial charge < -0.3 is 19.9 Å². The molecule has 1 spiro atoms. The monoisotopic (exact) mass is 370 g/mol. The van der Waals surface area contributed by atoms with E-state index in [4.69, 9.17) is 9.73 Å². The molecule has 0 radical (unpaired) electrons. The van der Waals surface area contributed by atoms with Crippen LogP contribution in [0.3, 0.4) is 0 Å². The van der Waals surface area contributed by atoms with Crippen LogP contribution in [0.5, 0.6) is 0 Å². The molecule has 1 aromatic rings. The number of nitrogens with one attached hydrogen (secondary N) is 1. The number of aliphatic imine (C=N–C) groups is 1. The van der Waals surface area contributed by atoms with Gasteiger partial charge in [0.15, 0.2) is 5.96 Å². The van der Waals surface area contributed by atoms with Crippen molar-refractivity contribution in [3.63, 3.8) is 0 Å². The first-order valence-electron chi connectivity index (χ1n) is 10.7. The van der Waals surface area contributed by atoms with Crippen LogP contribution in [0.2, 0.25) is 0 Å². The van der Waals surface area contributed by atoms with Gasteiger partial charge >= 0.3 is 0 Å². The molecule has 0 bridgehead atoms. The molecule has 5 heteroatoms. The zero-order valence-corrected chi connectivity index (χ0v) is 16.8. The van der Waals surface area contributed by atoms with Crippen molar-refractivity contribution in [2.45, 2.75) is 45.6 Å². The first-order valence-corrected chi connectivity index (χ1v) is 10.7. The van der Waals surface area contributed by atoms with Crippen molar-refractivity contribution in [1.29, 1.82) is 0 Å². The van der Waals surface area contributed by atoms with Crippen molar-refractivity contribution in [1.82, 2.24) is 10.2 Å². The summed E-state index contributed by atoms with van der Waals surface area (Å²) in [5.41, 5.74) is 3.20. The van der Waals surface area contributed by atoms with Crippen LogP contribution in [0.1, 0.15) is 44.6 Å². The highest BCUT2D eigenvalue weighted by molar-refractivity contribution is 5.80. The topological polar surface area (TPSA) is 40.1 Å². The van der Waals surface area contributed by atoms with E-state index in [2.05, 4.69) is 46.3 Å². The van der Waals surface area contributed by atoms with Gasteiger partial charge in [0.25, 0.3) is 0 Å². The Morgan fingerprint density at radius 2 is 1.89 bits per heavy atom. The quantitative estimate of drug-likeness (QED) is 0.652. The molecule has 0 amide bonds. The second-order valence-electron chi connectivity index (χ2n) is 8.28. The van der Waals surface area contributed by atoms with Gasteiger partial charge in [-0.25, -0.2) is 4.99 Å². The number of rotatable bonds is 4. The van der Waals surface area contributed by atoms with E-state index in [1.165, 1.54) is 49.9 Å². The Labute approximate surface area is 163 Å². The van der Waals surface area contributed by atoms with Gasteiger partial charge in [-0.05, 0) is 43.2 Å². The number of hydrogen-bond donors (Lipinski definition) is 1. The van der Waals surface area contributed by atoms with Gasteiger partial charge in [0.2, 0.25) is 0 Å². The molecule has 2 saturated heterocycles. The Morgan fingerprint density at radius 1 is 1.11 bits per heavy atom. The summed E-state index contributed by atoms with van der Waals surface area (Å²) < 4.78 is 5.52. The Kier molecular flexibility index (Phi) is 5.86. The number of likely N-dealkylation sites (tertiary alicyclic amines) is 1. The van der Waals surface area contributed by atoms with Gasteiger partial charge in [-0.15, -0.1) is 0 Å². The molecule has 3 aliphatic rings. The average molecular weight is 371 g/mol. The number of anilines is 1. The van der Waals surface area contributed by atoms with Crippen molar-refractivity contribution in [3.05, 3.63) is 29.8 Å². The Morgan fingerprint density at radius 3 is 2.67 bits per heavy atom. The Bertz CT molecular complexity index is 647. The highest BCUT2D eigenvalue weighted by Gasteiger charge is 2.41. The SMILES string of the molecule is CCNC(=NCc1ccccc1N1CCOCC1)N1CCC2(CCCC2)C1. The smallest absolute Gasteiger partial charge is 0.194 e. The predicted octanol–water partition coefficient (Wildman–Crippen LogP) is 3.25. The molecule has 2 aliphatic heterocycles. The molecule has 1 aliphatic carbocycles. The molecule has 1 saturated carbocycles. The minimum absolute atomic E-state index is 0.571. The number of hydrogen-bond acceptors (Lipinski definition) is 3. The minimum atomic E-state index is 0.571. The third-order valence-corrected chi connectivity index (χ3v) is 6.48. The predicted molar refractivity (Wildman–Crippen MR) is 111 cm³/mol. The first kappa shape index (κ1) is 18.6. The number of nitrogens with zero attached hydrogens (tertiary/aromatic N) is 3. The molecule has 0 atom stereocenters. The van der Waals surface area contributed by atoms with E-state index >= 15 is 0 Å². The van der Waals surface area contributed by atoms with Crippen molar-refractivity contribution >= 4 is 11.6 Å². The van der Waals surface area contributed by atoms with Gasteiger partial charge in [-0.3, -0.25) is 0 Å². The highest BCUT2D eigenvalue weighted by atomic mass is 16.5. The second kappa shape index (κ2) is 8.51. The van der Waals surface area contributed by atoms with Crippen molar-refractivity contribution in [3.8, 4) is 0 Å². The zero-order chi connectivity index (χ0) is 18.5. The lowest BCUT2D eigenvalue weighted by Crippen LogP contribution is -2.41. The summed E-state index contributed by atoms with van der Waals surface area (Å²) in [5.74, 6) is 1.10. The lowest BCUT2D eigenvalue weighted by Gasteiger charge is -2.30. The summed E-state index contributed by atoms with van der Waals surface area (Å²) in [6, 6.07) is 8.71. The van der Waals surface area contributed by atoms with Crippen LogP contribution in [0.25, 0.3) is 0 Å². The fraction of sp³-hybridized carbons (Fsp3) is 0.682. The van der Waals surface area contributed by atoms with E-state index < -0.39 is 0 Å². The van der Waals surface area contributed by atoms with E-state index in [1.807, 2.05) is 0 Å². The van der Waals surface area contributed by atoms with Crippen LogP contribution in [-0.2, 0) is 11.3 Å².